The first-order valence-electron chi connectivity index (χ1n) is 11.9. The number of rotatable bonds is 10. The maximum atomic E-state index is 14.4. The Bertz CT molecular complexity index is 1430. The molecule has 0 saturated carbocycles. The number of hydrogen-bond donors (Lipinski definition) is 0. The van der Waals surface area contributed by atoms with Crippen LogP contribution < -0.4 is 37.3 Å². The van der Waals surface area contributed by atoms with E-state index in [1.54, 1.807) is 72.8 Å². The molecular weight excluding hydrogens is 567 g/mol. The van der Waals surface area contributed by atoms with Gasteiger partial charge in [0.1, 0.15) is 0 Å². The van der Waals surface area contributed by atoms with Gasteiger partial charge in [-0.25, -0.2) is 0 Å². The Balaban J connectivity index is 1.94. The fraction of sp³-hybridized carbons (Fsp3) is 0.200. The summed E-state index contributed by atoms with van der Waals surface area (Å²) in [6, 6.07) is 20.7. The van der Waals surface area contributed by atoms with E-state index in [1.165, 1.54) is 42.7 Å². The minimum absolute atomic E-state index is 0.197. The van der Waals surface area contributed by atoms with Crippen LogP contribution in [-0.4, -0.2) is 55.4 Å². The Morgan fingerprint density at radius 3 is 1.05 bits per heavy atom. The molecule has 0 N–H and O–H groups in total. The minimum atomic E-state index is -5.03. The van der Waals surface area contributed by atoms with Crippen molar-refractivity contribution in [2.75, 3.05) is 42.7 Å². The second kappa shape index (κ2) is 11.7. The standard InChI is InChI=1S/C30H30O8Se/c1-33-23-15-19(16-24(34-2)29(23)37-5)21-11-7-9-13-27(21)39(31,32)28-14-10-8-12-22(28)20-17-25(35-3)30(38-6)26(18-20)36-4/h7-18H,1-6H3. The van der Waals surface area contributed by atoms with Gasteiger partial charge in [0.05, 0.1) is 0 Å². The van der Waals surface area contributed by atoms with Crippen molar-refractivity contribution in [1.82, 2.24) is 0 Å². The van der Waals surface area contributed by atoms with Gasteiger partial charge in [-0.2, -0.15) is 0 Å². The van der Waals surface area contributed by atoms with E-state index < -0.39 is 12.7 Å². The van der Waals surface area contributed by atoms with E-state index in [0.29, 0.717) is 56.8 Å². The van der Waals surface area contributed by atoms with E-state index in [0.717, 1.165) is 0 Å². The van der Waals surface area contributed by atoms with Crippen LogP contribution >= 0.6 is 0 Å². The zero-order valence-corrected chi connectivity index (χ0v) is 24.3. The Labute approximate surface area is 229 Å². The van der Waals surface area contributed by atoms with Crippen LogP contribution in [0.25, 0.3) is 22.3 Å². The summed E-state index contributed by atoms with van der Waals surface area (Å²) in [5.74, 6) is 2.53. The first-order chi connectivity index (χ1) is 18.8. The molecule has 204 valence electrons. The maximum absolute atomic E-state index is 14.4. The zero-order chi connectivity index (χ0) is 28.2. The Kier molecular flexibility index (Phi) is 8.33. The summed E-state index contributed by atoms with van der Waals surface area (Å²) < 4.78 is 62.1. The van der Waals surface area contributed by atoms with Gasteiger partial charge in [-0.05, 0) is 0 Å². The molecule has 0 atom stereocenters. The van der Waals surface area contributed by atoms with Crippen molar-refractivity contribution in [3.8, 4) is 56.8 Å². The van der Waals surface area contributed by atoms with E-state index in [4.69, 9.17) is 28.4 Å². The quantitative estimate of drug-likeness (QED) is 0.247. The summed E-state index contributed by atoms with van der Waals surface area (Å²) in [7, 11) is 9.10. The Morgan fingerprint density at radius 1 is 0.462 bits per heavy atom. The summed E-state index contributed by atoms with van der Waals surface area (Å²) in [6.07, 6.45) is 0. The van der Waals surface area contributed by atoms with Crippen LogP contribution in [0.2, 0.25) is 0 Å². The van der Waals surface area contributed by atoms with E-state index >= 15 is 0 Å². The van der Waals surface area contributed by atoms with Gasteiger partial charge in [-0.15, -0.1) is 0 Å². The van der Waals surface area contributed by atoms with Crippen molar-refractivity contribution >= 4 is 21.6 Å². The normalized spacial score (nSPS) is 11.0. The molecule has 0 fully saturated rings. The average molecular weight is 598 g/mol. The molecule has 0 saturated heterocycles. The number of ether oxygens (including phenoxy) is 6. The van der Waals surface area contributed by atoms with Gasteiger partial charge >= 0.3 is 230 Å². The van der Waals surface area contributed by atoms with E-state index in [2.05, 4.69) is 0 Å². The third-order valence-electron chi connectivity index (χ3n) is 6.30. The Morgan fingerprint density at radius 2 is 0.769 bits per heavy atom. The van der Waals surface area contributed by atoms with Gasteiger partial charge in [0.2, 0.25) is 0 Å². The molecular formula is C30H30O8Se. The third-order valence-corrected chi connectivity index (χ3v) is 10.2. The van der Waals surface area contributed by atoms with Crippen LogP contribution in [0.3, 0.4) is 0 Å². The van der Waals surface area contributed by atoms with Crippen LogP contribution in [0.15, 0.2) is 72.8 Å². The van der Waals surface area contributed by atoms with Crippen molar-refractivity contribution in [2.45, 2.75) is 0 Å². The molecule has 0 spiro atoms. The summed E-state index contributed by atoms with van der Waals surface area (Å²) in [5.41, 5.74) is 2.25. The van der Waals surface area contributed by atoms with E-state index in [9.17, 15) is 7.67 Å². The number of hydrogen-bond acceptors (Lipinski definition) is 8. The predicted octanol–water partition coefficient (Wildman–Crippen LogP) is 4.49. The van der Waals surface area contributed by atoms with Crippen molar-refractivity contribution in [3.63, 3.8) is 0 Å². The van der Waals surface area contributed by atoms with Crippen LogP contribution in [0, 0.1) is 0 Å². The van der Waals surface area contributed by atoms with Crippen LogP contribution in [0.4, 0.5) is 0 Å². The molecule has 0 aliphatic rings. The second-order valence-electron chi connectivity index (χ2n) is 8.32. The van der Waals surface area contributed by atoms with Gasteiger partial charge < -0.3 is 0 Å². The number of methoxy groups -OCH3 is 6. The molecule has 0 unspecified atom stereocenters. The molecule has 0 heterocycles. The zero-order valence-electron chi connectivity index (χ0n) is 22.6. The van der Waals surface area contributed by atoms with E-state index in [-0.39, 0.29) is 8.92 Å². The van der Waals surface area contributed by atoms with Gasteiger partial charge in [-0.3, -0.25) is 0 Å². The monoisotopic (exact) mass is 598 g/mol. The molecule has 0 radical (unpaired) electrons. The Hall–Kier alpha value is -4.20. The molecule has 0 amide bonds. The first kappa shape index (κ1) is 27.8. The SMILES string of the molecule is COc1cc(-c2ccccc2[Se](=O)(=O)c2ccccc2-c2cc(OC)c(OC)c(OC)c2)cc(OC)c1OC. The van der Waals surface area contributed by atoms with Gasteiger partial charge in [-0.1, -0.05) is 0 Å². The van der Waals surface area contributed by atoms with Gasteiger partial charge in [0, 0.05) is 0 Å². The molecule has 8 nitrogen and oxygen atoms in total. The topological polar surface area (TPSA) is 89.5 Å². The molecule has 4 aromatic carbocycles. The summed E-state index contributed by atoms with van der Waals surface area (Å²) in [6.45, 7) is 0. The molecule has 4 aromatic rings. The van der Waals surface area contributed by atoms with Crippen molar-refractivity contribution in [1.29, 1.82) is 0 Å². The number of benzene rings is 4. The molecule has 0 bridgehead atoms. The summed E-state index contributed by atoms with van der Waals surface area (Å²) in [4.78, 5) is 0. The van der Waals surface area contributed by atoms with Gasteiger partial charge in [0.15, 0.2) is 0 Å². The average Bonchev–Trinajstić information content (AvgIpc) is 2.99. The van der Waals surface area contributed by atoms with Gasteiger partial charge in [0.25, 0.3) is 0 Å². The third kappa shape index (κ3) is 5.11. The molecule has 0 aromatic heterocycles. The molecule has 4 rings (SSSR count). The van der Waals surface area contributed by atoms with Crippen molar-refractivity contribution in [2.24, 2.45) is 0 Å². The molecule has 39 heavy (non-hydrogen) atoms. The van der Waals surface area contributed by atoms with E-state index in [1.807, 2.05) is 0 Å². The fourth-order valence-electron chi connectivity index (χ4n) is 4.47. The van der Waals surface area contributed by atoms with Crippen LogP contribution in [0.1, 0.15) is 0 Å². The van der Waals surface area contributed by atoms with Crippen molar-refractivity contribution < 1.29 is 36.1 Å². The molecule has 9 heteroatoms. The first-order valence-corrected chi connectivity index (χ1v) is 15.0. The summed E-state index contributed by atoms with van der Waals surface area (Å²) in [5, 5.41) is 0. The summed E-state index contributed by atoms with van der Waals surface area (Å²) >= 11 is -5.03. The molecule has 0 aliphatic heterocycles. The second-order valence-corrected chi connectivity index (χ2v) is 12.3. The fourth-order valence-corrected chi connectivity index (χ4v) is 8.04. The predicted molar refractivity (Wildman–Crippen MR) is 149 cm³/mol. The van der Waals surface area contributed by atoms with Crippen molar-refractivity contribution in [3.05, 3.63) is 72.8 Å². The van der Waals surface area contributed by atoms with Crippen LogP contribution in [0.5, 0.6) is 34.5 Å². The van der Waals surface area contributed by atoms with Crippen LogP contribution in [-0.2, 0) is 7.67 Å². The molecule has 0 aliphatic carbocycles.